The predicted octanol–water partition coefficient (Wildman–Crippen LogP) is 0.0952. The summed E-state index contributed by atoms with van der Waals surface area (Å²) in [5.41, 5.74) is 0. The molecule has 0 aliphatic heterocycles. The zero-order chi connectivity index (χ0) is 14.3. The monoisotopic (exact) mass is 345 g/mol. The second-order valence-corrected chi connectivity index (χ2v) is 6.48. The lowest BCUT2D eigenvalue weighted by Gasteiger charge is -2.23. The van der Waals surface area contributed by atoms with E-state index >= 15 is 0 Å². The summed E-state index contributed by atoms with van der Waals surface area (Å²) >= 11 is 2.78. The number of halogens is 1. The number of alkyl halides is 1. The van der Waals surface area contributed by atoms with Gasteiger partial charge in [-0.15, -0.1) is 0 Å². The first-order valence-corrected chi connectivity index (χ1v) is 7.89. The Bertz CT molecular complexity index is 378. The van der Waals surface area contributed by atoms with Crippen LogP contribution in [0.3, 0.4) is 0 Å². The van der Waals surface area contributed by atoms with Gasteiger partial charge in [-0.2, -0.15) is 4.31 Å². The highest BCUT2D eigenvalue weighted by molar-refractivity contribution is 9.10. The maximum atomic E-state index is 11.6. The fraction of sp³-hybridized carbons (Fsp3) is 0.778. The van der Waals surface area contributed by atoms with Crippen LogP contribution in [-0.2, 0) is 29.1 Å². The zero-order valence-electron chi connectivity index (χ0n) is 10.4. The molecule has 7 nitrogen and oxygen atoms in total. The molecule has 0 bridgehead atoms. The van der Waals surface area contributed by atoms with E-state index in [9.17, 15) is 18.0 Å². The number of rotatable bonds is 7. The standard InChI is InChI=1S/C9H16BrNO6S/c1-4-16-8(12)7(9(13)17-5-2)11(3)18(14,15)6-10/h7H,4-6H2,1-3H3. The molecule has 18 heavy (non-hydrogen) atoms. The van der Waals surface area contributed by atoms with Crippen molar-refractivity contribution in [3.63, 3.8) is 0 Å². The Kier molecular flexibility index (Phi) is 7.41. The van der Waals surface area contributed by atoms with Crippen LogP contribution in [0.15, 0.2) is 0 Å². The molecule has 0 aromatic rings. The first-order valence-electron chi connectivity index (χ1n) is 5.16. The number of hydrogen-bond donors (Lipinski definition) is 0. The molecule has 0 atom stereocenters. The Morgan fingerprint density at radius 2 is 1.56 bits per heavy atom. The summed E-state index contributed by atoms with van der Waals surface area (Å²) in [4.78, 5) is 23.2. The summed E-state index contributed by atoms with van der Waals surface area (Å²) in [7, 11) is -2.66. The quantitative estimate of drug-likeness (QED) is 0.369. The summed E-state index contributed by atoms with van der Waals surface area (Å²) in [6.45, 7) is 3.19. The largest absolute Gasteiger partial charge is 0.464 e. The van der Waals surface area contributed by atoms with Gasteiger partial charge in [0.2, 0.25) is 16.1 Å². The molecule has 9 heteroatoms. The van der Waals surface area contributed by atoms with Gasteiger partial charge in [0.05, 0.1) is 13.2 Å². The van der Waals surface area contributed by atoms with Crippen molar-refractivity contribution in [3.05, 3.63) is 0 Å². The highest BCUT2D eigenvalue weighted by atomic mass is 79.9. The summed E-state index contributed by atoms with van der Waals surface area (Å²) in [6, 6.07) is -1.62. The summed E-state index contributed by atoms with van der Waals surface area (Å²) in [5, 5.41) is 0. The normalized spacial score (nSPS) is 11.7. The maximum absolute atomic E-state index is 11.6. The number of ether oxygens (including phenoxy) is 2. The van der Waals surface area contributed by atoms with Crippen molar-refractivity contribution in [2.24, 2.45) is 0 Å². The Morgan fingerprint density at radius 1 is 1.17 bits per heavy atom. The van der Waals surface area contributed by atoms with Gasteiger partial charge in [0.15, 0.2) is 0 Å². The molecule has 0 fully saturated rings. The molecule has 0 heterocycles. The third kappa shape index (κ3) is 4.54. The molecule has 0 unspecified atom stereocenters. The molecule has 0 aromatic heterocycles. The number of likely N-dealkylation sites (N-methyl/N-ethyl adjacent to an activating group) is 1. The second-order valence-electron chi connectivity index (χ2n) is 3.14. The number of nitrogens with zero attached hydrogens (tertiary/aromatic N) is 1. The molecule has 0 rings (SSSR count). The molecule has 0 aliphatic carbocycles. The number of carbonyl (C=O) groups is 2. The van der Waals surface area contributed by atoms with Crippen LogP contribution in [0.1, 0.15) is 13.8 Å². The van der Waals surface area contributed by atoms with E-state index in [1.54, 1.807) is 13.8 Å². The fourth-order valence-electron chi connectivity index (χ4n) is 1.07. The minimum atomic E-state index is -3.78. The molecule has 0 amide bonds. The third-order valence-electron chi connectivity index (χ3n) is 1.96. The van der Waals surface area contributed by atoms with Crippen molar-refractivity contribution >= 4 is 37.9 Å². The molecule has 0 aliphatic rings. The fourth-order valence-corrected chi connectivity index (χ4v) is 2.69. The van der Waals surface area contributed by atoms with Crippen molar-refractivity contribution in [2.45, 2.75) is 19.9 Å². The van der Waals surface area contributed by atoms with E-state index < -0.39 is 32.7 Å². The zero-order valence-corrected chi connectivity index (χ0v) is 12.8. The van der Waals surface area contributed by atoms with Crippen LogP contribution in [-0.4, -0.2) is 55.6 Å². The summed E-state index contributed by atoms with van der Waals surface area (Å²) < 4.78 is 32.8. The smallest absolute Gasteiger partial charge is 0.336 e. The molecular formula is C9H16BrNO6S. The van der Waals surface area contributed by atoms with Gasteiger partial charge < -0.3 is 9.47 Å². The van der Waals surface area contributed by atoms with Gasteiger partial charge in [-0.05, 0) is 13.8 Å². The van der Waals surface area contributed by atoms with E-state index in [1.807, 2.05) is 0 Å². The lowest BCUT2D eigenvalue weighted by Crippen LogP contribution is -2.49. The lowest BCUT2D eigenvalue weighted by atomic mass is 10.3. The SMILES string of the molecule is CCOC(=O)C(C(=O)OCC)N(C)S(=O)(=O)CBr. The van der Waals surface area contributed by atoms with Crippen molar-refractivity contribution in [3.8, 4) is 0 Å². The van der Waals surface area contributed by atoms with Gasteiger partial charge in [0, 0.05) is 7.05 Å². The van der Waals surface area contributed by atoms with Crippen LogP contribution < -0.4 is 0 Å². The van der Waals surface area contributed by atoms with E-state index in [0.29, 0.717) is 4.31 Å². The number of sulfonamides is 1. The summed E-state index contributed by atoms with van der Waals surface area (Å²) in [5.74, 6) is -1.91. The highest BCUT2D eigenvalue weighted by Crippen LogP contribution is 2.11. The molecule has 106 valence electrons. The van der Waals surface area contributed by atoms with E-state index in [-0.39, 0.29) is 13.2 Å². The molecule has 0 aromatic carbocycles. The molecule has 0 N–H and O–H groups in total. The molecule has 0 spiro atoms. The second kappa shape index (κ2) is 7.70. The van der Waals surface area contributed by atoms with Gasteiger partial charge in [0.25, 0.3) is 0 Å². The van der Waals surface area contributed by atoms with Crippen LogP contribution in [0.25, 0.3) is 0 Å². The van der Waals surface area contributed by atoms with Crippen LogP contribution >= 0.6 is 15.9 Å². The van der Waals surface area contributed by atoms with Crippen LogP contribution in [0.5, 0.6) is 0 Å². The lowest BCUT2D eigenvalue weighted by molar-refractivity contribution is -0.160. The van der Waals surface area contributed by atoms with E-state index in [0.717, 1.165) is 7.05 Å². The van der Waals surface area contributed by atoms with Crippen molar-refractivity contribution in [1.29, 1.82) is 0 Å². The van der Waals surface area contributed by atoms with E-state index in [1.165, 1.54) is 0 Å². The molecule has 0 radical (unpaired) electrons. The average molecular weight is 346 g/mol. The van der Waals surface area contributed by atoms with Crippen LogP contribution in [0.4, 0.5) is 0 Å². The van der Waals surface area contributed by atoms with Crippen molar-refractivity contribution < 1.29 is 27.5 Å². The maximum Gasteiger partial charge on any atom is 0.336 e. The van der Waals surface area contributed by atoms with Gasteiger partial charge in [0.1, 0.15) is 4.66 Å². The van der Waals surface area contributed by atoms with E-state index in [4.69, 9.17) is 0 Å². The first kappa shape index (κ1) is 17.3. The van der Waals surface area contributed by atoms with Gasteiger partial charge in [-0.3, -0.25) is 0 Å². The molecule has 0 saturated carbocycles. The predicted molar refractivity (Wildman–Crippen MR) is 67.5 cm³/mol. The molecule has 0 saturated heterocycles. The van der Waals surface area contributed by atoms with Crippen molar-refractivity contribution in [2.75, 3.05) is 24.9 Å². The van der Waals surface area contributed by atoms with Crippen LogP contribution in [0, 0.1) is 0 Å². The van der Waals surface area contributed by atoms with Crippen LogP contribution in [0.2, 0.25) is 0 Å². The number of hydrogen-bond acceptors (Lipinski definition) is 6. The Balaban J connectivity index is 5.21. The Labute approximate surface area is 115 Å². The topological polar surface area (TPSA) is 90.0 Å². The van der Waals surface area contributed by atoms with Crippen molar-refractivity contribution in [1.82, 2.24) is 4.31 Å². The third-order valence-corrected chi connectivity index (χ3v) is 5.06. The first-order chi connectivity index (χ1) is 8.31. The number of carbonyl (C=O) groups excluding carboxylic acids is 2. The minimum absolute atomic E-state index is 0.0386. The highest BCUT2D eigenvalue weighted by Gasteiger charge is 2.39. The van der Waals surface area contributed by atoms with Gasteiger partial charge in [-0.1, -0.05) is 15.9 Å². The Hall–Kier alpha value is -0.670. The minimum Gasteiger partial charge on any atom is -0.464 e. The van der Waals surface area contributed by atoms with E-state index in [2.05, 4.69) is 25.4 Å². The summed E-state index contributed by atoms with van der Waals surface area (Å²) in [6.07, 6.45) is 0. The van der Waals surface area contributed by atoms with Gasteiger partial charge in [-0.25, -0.2) is 18.0 Å². The molecular weight excluding hydrogens is 330 g/mol. The number of esters is 2. The average Bonchev–Trinajstić information content (AvgIpc) is 2.29. The van der Waals surface area contributed by atoms with Gasteiger partial charge >= 0.3 is 11.9 Å². The Morgan fingerprint density at radius 3 is 1.83 bits per heavy atom.